The fourth-order valence-corrected chi connectivity index (χ4v) is 2.15. The Labute approximate surface area is 108 Å². The van der Waals surface area contributed by atoms with Crippen LogP contribution in [0.3, 0.4) is 0 Å². The molecule has 3 heteroatoms. The molecule has 1 aliphatic carbocycles. The van der Waals surface area contributed by atoms with Crippen molar-refractivity contribution in [1.29, 1.82) is 0 Å². The Morgan fingerprint density at radius 2 is 2.11 bits per heavy atom. The van der Waals surface area contributed by atoms with E-state index in [0.717, 1.165) is 12.3 Å². The number of carbonyl (C=O) groups is 1. The van der Waals surface area contributed by atoms with E-state index in [1.165, 1.54) is 19.3 Å². The summed E-state index contributed by atoms with van der Waals surface area (Å²) in [6, 6.07) is 7.26. The van der Waals surface area contributed by atoms with Gasteiger partial charge in [-0.1, -0.05) is 31.4 Å². The average Bonchev–Trinajstić information content (AvgIpc) is 2.36. The predicted octanol–water partition coefficient (Wildman–Crippen LogP) is 3.08. The molecule has 2 rings (SSSR count). The summed E-state index contributed by atoms with van der Waals surface area (Å²) in [5.41, 5.74) is 0.601. The summed E-state index contributed by atoms with van der Waals surface area (Å²) in [6.07, 6.45) is 5.08. The average molecular weight is 248 g/mol. The first kappa shape index (κ1) is 13.1. The van der Waals surface area contributed by atoms with Crippen LogP contribution in [-0.4, -0.2) is 26.1 Å². The van der Waals surface area contributed by atoms with Crippen molar-refractivity contribution in [2.24, 2.45) is 5.92 Å². The Hall–Kier alpha value is -1.35. The molecule has 0 spiro atoms. The Kier molecular flexibility index (Phi) is 4.76. The molecular weight excluding hydrogens is 228 g/mol. The van der Waals surface area contributed by atoms with Gasteiger partial charge in [-0.2, -0.15) is 0 Å². The fourth-order valence-electron chi connectivity index (χ4n) is 2.15. The molecule has 0 unspecified atom stereocenters. The van der Waals surface area contributed by atoms with Crippen LogP contribution < -0.4 is 4.74 Å². The maximum absolute atomic E-state index is 11.9. The van der Waals surface area contributed by atoms with E-state index in [4.69, 9.17) is 9.47 Å². The summed E-state index contributed by atoms with van der Waals surface area (Å²) in [5, 5.41) is 0. The van der Waals surface area contributed by atoms with Crippen LogP contribution in [0.25, 0.3) is 0 Å². The van der Waals surface area contributed by atoms with E-state index in [1.54, 1.807) is 19.2 Å². The van der Waals surface area contributed by atoms with Crippen molar-refractivity contribution in [3.63, 3.8) is 0 Å². The minimum atomic E-state index is -0.0129. The third kappa shape index (κ3) is 3.33. The van der Waals surface area contributed by atoms with Gasteiger partial charge < -0.3 is 9.47 Å². The third-order valence-electron chi connectivity index (χ3n) is 3.54. The van der Waals surface area contributed by atoms with Gasteiger partial charge in [-0.3, -0.25) is 4.79 Å². The monoisotopic (exact) mass is 248 g/mol. The van der Waals surface area contributed by atoms with Gasteiger partial charge in [0.1, 0.15) is 12.4 Å². The van der Waals surface area contributed by atoms with Gasteiger partial charge in [0, 0.05) is 6.61 Å². The molecule has 1 aromatic carbocycles. The largest absolute Gasteiger partial charge is 0.496 e. The number of carbonyl (C=O) groups excluding carboxylic acids is 1. The zero-order valence-electron chi connectivity index (χ0n) is 10.9. The van der Waals surface area contributed by atoms with E-state index in [1.807, 2.05) is 12.1 Å². The highest BCUT2D eigenvalue weighted by Gasteiger charge is 2.17. The molecule has 1 saturated carbocycles. The Morgan fingerprint density at radius 3 is 2.78 bits per heavy atom. The number of ether oxygens (including phenoxy) is 2. The smallest absolute Gasteiger partial charge is 0.192 e. The van der Waals surface area contributed by atoms with E-state index < -0.39 is 0 Å². The molecule has 1 aliphatic rings. The van der Waals surface area contributed by atoms with Crippen LogP contribution in [0.1, 0.15) is 36.0 Å². The second kappa shape index (κ2) is 6.55. The number of ketones is 1. The molecular formula is C15H20O3. The summed E-state index contributed by atoms with van der Waals surface area (Å²) in [7, 11) is 1.57. The van der Waals surface area contributed by atoms with E-state index in [2.05, 4.69) is 0 Å². The number of rotatable bonds is 7. The van der Waals surface area contributed by atoms with Gasteiger partial charge in [-0.05, 0) is 24.5 Å². The maximum Gasteiger partial charge on any atom is 0.192 e. The SMILES string of the molecule is COc1ccccc1C(=O)COCCC1CCC1. The lowest BCUT2D eigenvalue weighted by atomic mass is 9.83. The van der Waals surface area contributed by atoms with Crippen LogP contribution in [0.4, 0.5) is 0 Å². The lowest BCUT2D eigenvalue weighted by Gasteiger charge is -2.24. The summed E-state index contributed by atoms with van der Waals surface area (Å²) in [4.78, 5) is 11.9. The molecule has 0 aliphatic heterocycles. The third-order valence-corrected chi connectivity index (χ3v) is 3.54. The zero-order valence-corrected chi connectivity index (χ0v) is 10.9. The highest BCUT2D eigenvalue weighted by atomic mass is 16.5. The second-order valence-electron chi connectivity index (χ2n) is 4.76. The lowest BCUT2D eigenvalue weighted by molar-refractivity contribution is 0.0702. The van der Waals surface area contributed by atoms with Crippen molar-refractivity contribution in [3.05, 3.63) is 29.8 Å². The highest BCUT2D eigenvalue weighted by Crippen LogP contribution is 2.29. The summed E-state index contributed by atoms with van der Waals surface area (Å²) < 4.78 is 10.6. The molecule has 0 bridgehead atoms. The van der Waals surface area contributed by atoms with Crippen molar-refractivity contribution in [2.45, 2.75) is 25.7 Å². The second-order valence-corrected chi connectivity index (χ2v) is 4.76. The highest BCUT2D eigenvalue weighted by molar-refractivity contribution is 5.99. The van der Waals surface area contributed by atoms with Gasteiger partial charge >= 0.3 is 0 Å². The Balaban J connectivity index is 1.76. The van der Waals surface area contributed by atoms with Crippen molar-refractivity contribution in [2.75, 3.05) is 20.3 Å². The topological polar surface area (TPSA) is 35.5 Å². The van der Waals surface area contributed by atoms with Crippen molar-refractivity contribution in [3.8, 4) is 5.75 Å². The molecule has 0 radical (unpaired) electrons. The summed E-state index contributed by atoms with van der Waals surface area (Å²) in [5.74, 6) is 1.43. The molecule has 0 amide bonds. The van der Waals surface area contributed by atoms with Gasteiger partial charge in [0.15, 0.2) is 5.78 Å². The number of para-hydroxylation sites is 1. The fraction of sp³-hybridized carbons (Fsp3) is 0.533. The minimum Gasteiger partial charge on any atom is -0.496 e. The standard InChI is InChI=1S/C15H20O3/c1-17-15-8-3-2-7-13(15)14(16)11-18-10-9-12-5-4-6-12/h2-3,7-8,12H,4-6,9-11H2,1H3. The number of methoxy groups -OCH3 is 1. The number of hydrogen-bond donors (Lipinski definition) is 0. The van der Waals surface area contributed by atoms with Gasteiger partial charge in [0.25, 0.3) is 0 Å². The van der Waals surface area contributed by atoms with Crippen LogP contribution >= 0.6 is 0 Å². The number of Topliss-reactive ketones (excluding diaryl/α,β-unsaturated/α-hetero) is 1. The maximum atomic E-state index is 11.9. The molecule has 18 heavy (non-hydrogen) atoms. The summed E-state index contributed by atoms with van der Waals surface area (Å²) >= 11 is 0. The molecule has 0 aromatic heterocycles. The molecule has 0 heterocycles. The number of benzene rings is 1. The predicted molar refractivity (Wildman–Crippen MR) is 70.1 cm³/mol. The van der Waals surface area contributed by atoms with E-state index in [9.17, 15) is 4.79 Å². The van der Waals surface area contributed by atoms with Crippen molar-refractivity contribution in [1.82, 2.24) is 0 Å². The first-order chi connectivity index (χ1) is 8.81. The van der Waals surface area contributed by atoms with Crippen LogP contribution in [0.2, 0.25) is 0 Å². The van der Waals surface area contributed by atoms with Crippen LogP contribution in [0, 0.1) is 5.92 Å². The minimum absolute atomic E-state index is 0.0129. The Morgan fingerprint density at radius 1 is 1.33 bits per heavy atom. The van der Waals surface area contributed by atoms with Crippen LogP contribution in [0.15, 0.2) is 24.3 Å². The van der Waals surface area contributed by atoms with Crippen molar-refractivity contribution >= 4 is 5.78 Å². The van der Waals surface area contributed by atoms with Crippen molar-refractivity contribution < 1.29 is 14.3 Å². The normalized spacial score (nSPS) is 15.2. The van der Waals surface area contributed by atoms with E-state index in [0.29, 0.717) is 17.9 Å². The molecule has 1 fully saturated rings. The zero-order chi connectivity index (χ0) is 12.8. The molecule has 0 saturated heterocycles. The van der Waals surface area contributed by atoms with Crippen LogP contribution in [-0.2, 0) is 4.74 Å². The molecule has 98 valence electrons. The van der Waals surface area contributed by atoms with E-state index in [-0.39, 0.29) is 12.4 Å². The molecule has 0 atom stereocenters. The summed E-state index contributed by atoms with van der Waals surface area (Å²) in [6.45, 7) is 0.832. The molecule has 3 nitrogen and oxygen atoms in total. The van der Waals surface area contributed by atoms with Crippen LogP contribution in [0.5, 0.6) is 5.75 Å². The van der Waals surface area contributed by atoms with Gasteiger partial charge in [-0.15, -0.1) is 0 Å². The van der Waals surface area contributed by atoms with Gasteiger partial charge in [-0.25, -0.2) is 0 Å². The lowest BCUT2D eigenvalue weighted by Crippen LogP contribution is -2.16. The Bertz CT molecular complexity index is 396. The number of hydrogen-bond acceptors (Lipinski definition) is 3. The van der Waals surface area contributed by atoms with Gasteiger partial charge in [0.05, 0.1) is 12.7 Å². The quantitative estimate of drug-likeness (QED) is 0.549. The first-order valence-electron chi connectivity index (χ1n) is 6.55. The molecule has 1 aromatic rings. The molecule has 0 N–H and O–H groups in total. The van der Waals surface area contributed by atoms with E-state index >= 15 is 0 Å². The van der Waals surface area contributed by atoms with Gasteiger partial charge in [0.2, 0.25) is 0 Å². The first-order valence-corrected chi connectivity index (χ1v) is 6.55.